The number of benzene rings is 1. The highest BCUT2D eigenvalue weighted by atomic mass is 19.4. The number of pyridine rings is 2. The Morgan fingerprint density at radius 1 is 0.962 bits per heavy atom. The molecule has 0 aliphatic rings. The molecule has 7 heteroatoms. The minimum Gasteiger partial charge on any atom is -0.354 e. The number of hydrogen-bond acceptors (Lipinski definition) is 3. The van der Waals surface area contributed by atoms with Gasteiger partial charge in [0.15, 0.2) is 0 Å². The zero-order chi connectivity index (χ0) is 18.1. The van der Waals surface area contributed by atoms with Gasteiger partial charge in [0, 0.05) is 40.9 Å². The lowest BCUT2D eigenvalue weighted by molar-refractivity contribution is -0.137. The van der Waals surface area contributed by atoms with E-state index in [4.69, 9.17) is 0 Å². The molecule has 0 spiro atoms. The molecule has 0 atom stereocenters. The van der Waals surface area contributed by atoms with Crippen molar-refractivity contribution in [2.75, 3.05) is 5.32 Å². The molecule has 0 saturated heterocycles. The number of fused-ring (bicyclic) bond motifs is 1. The largest absolute Gasteiger partial charge is 0.416 e. The molecule has 0 saturated carbocycles. The maximum Gasteiger partial charge on any atom is 0.416 e. The van der Waals surface area contributed by atoms with Crippen LogP contribution >= 0.6 is 0 Å². The van der Waals surface area contributed by atoms with E-state index in [1.54, 1.807) is 18.6 Å². The smallest absolute Gasteiger partial charge is 0.354 e. The normalized spacial score (nSPS) is 11.7. The first-order valence-corrected chi connectivity index (χ1v) is 7.83. The fraction of sp³-hybridized carbons (Fsp3) is 0.0526. The lowest BCUT2D eigenvalue weighted by atomic mass is 10.2. The molecule has 0 unspecified atom stereocenters. The Labute approximate surface area is 146 Å². The van der Waals surface area contributed by atoms with E-state index >= 15 is 0 Å². The second-order valence-electron chi connectivity index (χ2n) is 5.75. The molecule has 0 aliphatic heterocycles. The van der Waals surface area contributed by atoms with Gasteiger partial charge in [-0.15, -0.1) is 0 Å². The Balaban J connectivity index is 1.68. The van der Waals surface area contributed by atoms with Crippen LogP contribution in [0.15, 0.2) is 67.1 Å². The third-order valence-electron chi connectivity index (χ3n) is 4.00. The van der Waals surface area contributed by atoms with Crippen molar-refractivity contribution in [1.82, 2.24) is 15.0 Å². The Kier molecular flexibility index (Phi) is 3.84. The molecule has 1 aromatic carbocycles. The van der Waals surface area contributed by atoms with Gasteiger partial charge < -0.3 is 10.3 Å². The second kappa shape index (κ2) is 6.18. The summed E-state index contributed by atoms with van der Waals surface area (Å²) in [4.78, 5) is 11.7. The average Bonchev–Trinajstić information content (AvgIpc) is 3.08. The number of aromatic amines is 1. The summed E-state index contributed by atoms with van der Waals surface area (Å²) in [6.07, 6.45) is 0.737. The van der Waals surface area contributed by atoms with Gasteiger partial charge in [0.05, 0.1) is 11.1 Å². The van der Waals surface area contributed by atoms with Crippen molar-refractivity contribution in [3.63, 3.8) is 0 Å². The molecule has 3 heterocycles. The van der Waals surface area contributed by atoms with E-state index in [9.17, 15) is 13.2 Å². The van der Waals surface area contributed by atoms with Crippen LogP contribution in [0.2, 0.25) is 0 Å². The van der Waals surface area contributed by atoms with Gasteiger partial charge in [0.2, 0.25) is 0 Å². The molecule has 4 nitrogen and oxygen atoms in total. The van der Waals surface area contributed by atoms with E-state index in [0.29, 0.717) is 11.5 Å². The summed E-state index contributed by atoms with van der Waals surface area (Å²) >= 11 is 0. The fourth-order valence-electron chi connectivity index (χ4n) is 2.71. The number of aromatic nitrogens is 3. The summed E-state index contributed by atoms with van der Waals surface area (Å²) in [6.45, 7) is 0. The lowest BCUT2D eigenvalue weighted by Gasteiger charge is -2.09. The highest BCUT2D eigenvalue weighted by molar-refractivity contribution is 5.95. The zero-order valence-electron chi connectivity index (χ0n) is 13.4. The van der Waals surface area contributed by atoms with E-state index in [-0.39, 0.29) is 0 Å². The van der Waals surface area contributed by atoms with Crippen LogP contribution < -0.4 is 5.32 Å². The van der Waals surface area contributed by atoms with Crippen molar-refractivity contribution in [3.8, 4) is 11.3 Å². The van der Waals surface area contributed by atoms with Crippen LogP contribution in [-0.4, -0.2) is 15.0 Å². The number of hydrogen-bond donors (Lipinski definition) is 2. The molecule has 0 aliphatic carbocycles. The van der Waals surface area contributed by atoms with Crippen LogP contribution in [0.4, 0.5) is 24.7 Å². The van der Waals surface area contributed by atoms with Gasteiger partial charge in [-0.05, 0) is 48.5 Å². The molecule has 4 aromatic rings. The minimum atomic E-state index is -4.35. The molecular weight excluding hydrogens is 341 g/mol. The van der Waals surface area contributed by atoms with Gasteiger partial charge in [0.1, 0.15) is 5.82 Å². The summed E-state index contributed by atoms with van der Waals surface area (Å²) in [5.74, 6) is 0.564. The molecule has 0 amide bonds. The summed E-state index contributed by atoms with van der Waals surface area (Å²) < 4.78 is 38.0. The summed E-state index contributed by atoms with van der Waals surface area (Å²) in [7, 11) is 0. The Hall–Kier alpha value is -3.35. The molecule has 0 fully saturated rings. The molecule has 130 valence electrons. The van der Waals surface area contributed by atoms with Crippen LogP contribution in [0.5, 0.6) is 0 Å². The molecule has 26 heavy (non-hydrogen) atoms. The van der Waals surface area contributed by atoms with Gasteiger partial charge in [-0.3, -0.25) is 4.98 Å². The second-order valence-corrected chi connectivity index (χ2v) is 5.75. The highest BCUT2D eigenvalue weighted by Gasteiger charge is 2.29. The third kappa shape index (κ3) is 3.11. The first-order valence-electron chi connectivity index (χ1n) is 7.83. The predicted octanol–water partition coefficient (Wildman–Crippen LogP) is 5.39. The van der Waals surface area contributed by atoms with Gasteiger partial charge in [-0.1, -0.05) is 0 Å². The van der Waals surface area contributed by atoms with Crippen LogP contribution in [0, 0.1) is 0 Å². The molecular formula is C19H13F3N4. The van der Waals surface area contributed by atoms with Crippen molar-refractivity contribution >= 4 is 22.4 Å². The SMILES string of the molecule is FC(F)(F)c1ccc(Nc2nccc3[nH]c(-c4cccnc4)cc23)cc1. The van der Waals surface area contributed by atoms with Crippen LogP contribution in [-0.2, 0) is 6.18 Å². The van der Waals surface area contributed by atoms with Gasteiger partial charge in [0.25, 0.3) is 0 Å². The Morgan fingerprint density at radius 2 is 1.77 bits per heavy atom. The molecule has 2 N–H and O–H groups in total. The number of H-pyrrole nitrogens is 1. The number of rotatable bonds is 3. The molecule has 3 aromatic heterocycles. The molecule has 0 radical (unpaired) electrons. The van der Waals surface area contributed by atoms with Crippen molar-refractivity contribution in [3.05, 3.63) is 72.7 Å². The quantitative estimate of drug-likeness (QED) is 0.519. The first kappa shape index (κ1) is 16.1. The van der Waals surface area contributed by atoms with E-state index in [1.165, 1.54) is 12.1 Å². The summed E-state index contributed by atoms with van der Waals surface area (Å²) in [5.41, 5.74) is 2.53. The van der Waals surface area contributed by atoms with E-state index in [0.717, 1.165) is 34.3 Å². The van der Waals surface area contributed by atoms with E-state index in [2.05, 4.69) is 20.3 Å². The predicted molar refractivity (Wildman–Crippen MR) is 94.1 cm³/mol. The standard InChI is InChI=1S/C19H13F3N4/c20-19(21,22)13-3-5-14(6-4-13)25-18-15-10-17(12-2-1-8-23-11-12)26-16(15)7-9-24-18/h1-11,26H,(H,24,25). The van der Waals surface area contributed by atoms with Crippen LogP contribution in [0.25, 0.3) is 22.2 Å². The summed E-state index contributed by atoms with van der Waals surface area (Å²) in [5, 5.41) is 3.92. The van der Waals surface area contributed by atoms with Crippen molar-refractivity contribution in [2.45, 2.75) is 6.18 Å². The maximum atomic E-state index is 12.7. The zero-order valence-corrected chi connectivity index (χ0v) is 13.4. The van der Waals surface area contributed by atoms with E-state index in [1.807, 2.05) is 24.3 Å². The molecule has 0 bridgehead atoms. The number of anilines is 2. The topological polar surface area (TPSA) is 53.6 Å². The minimum absolute atomic E-state index is 0.530. The Bertz CT molecular complexity index is 1040. The van der Waals surface area contributed by atoms with Gasteiger partial charge >= 0.3 is 6.18 Å². The maximum absolute atomic E-state index is 12.7. The molecule has 4 rings (SSSR count). The monoisotopic (exact) mass is 354 g/mol. The first-order chi connectivity index (χ1) is 12.5. The van der Waals surface area contributed by atoms with Crippen LogP contribution in [0.3, 0.4) is 0 Å². The van der Waals surface area contributed by atoms with Gasteiger partial charge in [-0.2, -0.15) is 13.2 Å². The van der Waals surface area contributed by atoms with Gasteiger partial charge in [-0.25, -0.2) is 4.98 Å². The van der Waals surface area contributed by atoms with Crippen LogP contribution in [0.1, 0.15) is 5.56 Å². The fourth-order valence-corrected chi connectivity index (χ4v) is 2.71. The number of alkyl halides is 3. The summed E-state index contributed by atoms with van der Waals surface area (Å²) in [6, 6.07) is 12.4. The van der Waals surface area contributed by atoms with Crippen molar-refractivity contribution < 1.29 is 13.2 Å². The van der Waals surface area contributed by atoms with Crippen molar-refractivity contribution in [2.24, 2.45) is 0 Å². The number of halogens is 3. The van der Waals surface area contributed by atoms with E-state index < -0.39 is 11.7 Å². The highest BCUT2D eigenvalue weighted by Crippen LogP contribution is 2.32. The Morgan fingerprint density at radius 3 is 2.46 bits per heavy atom. The van der Waals surface area contributed by atoms with Crippen molar-refractivity contribution in [1.29, 1.82) is 0 Å². The number of nitrogens with zero attached hydrogens (tertiary/aromatic N) is 2. The number of nitrogens with one attached hydrogen (secondary N) is 2. The lowest BCUT2D eigenvalue weighted by Crippen LogP contribution is -2.04. The average molecular weight is 354 g/mol. The third-order valence-corrected chi connectivity index (χ3v) is 4.00.